The SMILES string of the molecule is C=C\C(C)=C/C(NN)=C(CCC)\N=C\C. The predicted octanol–water partition coefficient (Wildman–Crippen LogP) is 2.68. The second-order valence-electron chi connectivity index (χ2n) is 3.23. The van der Waals surface area contributed by atoms with Gasteiger partial charge in [-0.1, -0.05) is 26.0 Å². The first kappa shape index (κ1) is 13.7. The lowest BCUT2D eigenvalue weighted by Crippen LogP contribution is -2.21. The van der Waals surface area contributed by atoms with E-state index in [1.54, 1.807) is 12.3 Å². The van der Waals surface area contributed by atoms with Crippen LogP contribution in [0.1, 0.15) is 33.6 Å². The third-order valence-electron chi connectivity index (χ3n) is 1.93. The summed E-state index contributed by atoms with van der Waals surface area (Å²) in [4.78, 5) is 4.31. The van der Waals surface area contributed by atoms with Crippen LogP contribution in [0.3, 0.4) is 0 Å². The average molecular weight is 207 g/mol. The Kier molecular flexibility index (Phi) is 7.28. The van der Waals surface area contributed by atoms with Gasteiger partial charge in [0.25, 0.3) is 0 Å². The molecule has 0 aromatic heterocycles. The molecular formula is C12H21N3. The van der Waals surface area contributed by atoms with Crippen molar-refractivity contribution >= 4 is 6.21 Å². The lowest BCUT2D eigenvalue weighted by molar-refractivity contribution is 0.826. The van der Waals surface area contributed by atoms with Gasteiger partial charge in [-0.2, -0.15) is 0 Å². The summed E-state index contributed by atoms with van der Waals surface area (Å²) in [5, 5.41) is 0. The molecule has 0 amide bonds. The average Bonchev–Trinajstić information content (AvgIpc) is 2.25. The monoisotopic (exact) mass is 207 g/mol. The summed E-state index contributed by atoms with van der Waals surface area (Å²) in [6.07, 6.45) is 7.46. The number of nitrogens with one attached hydrogen (secondary N) is 1. The number of rotatable bonds is 6. The maximum Gasteiger partial charge on any atom is 0.0703 e. The van der Waals surface area contributed by atoms with Crippen molar-refractivity contribution in [2.24, 2.45) is 10.8 Å². The minimum Gasteiger partial charge on any atom is -0.322 e. The van der Waals surface area contributed by atoms with Crippen LogP contribution in [0.15, 0.2) is 40.7 Å². The fourth-order valence-corrected chi connectivity index (χ4v) is 1.16. The fraction of sp³-hybridized carbons (Fsp3) is 0.417. The zero-order valence-electron chi connectivity index (χ0n) is 9.88. The summed E-state index contributed by atoms with van der Waals surface area (Å²) in [5.41, 5.74) is 5.57. The van der Waals surface area contributed by atoms with E-state index in [1.807, 2.05) is 19.9 Å². The molecule has 0 unspecified atom stereocenters. The predicted molar refractivity (Wildman–Crippen MR) is 67.4 cm³/mol. The van der Waals surface area contributed by atoms with Crippen molar-refractivity contribution < 1.29 is 0 Å². The van der Waals surface area contributed by atoms with Gasteiger partial charge >= 0.3 is 0 Å². The van der Waals surface area contributed by atoms with Crippen LogP contribution in [-0.2, 0) is 0 Å². The molecule has 3 nitrogen and oxygen atoms in total. The first-order chi connectivity index (χ1) is 7.19. The normalized spacial score (nSPS) is 14.0. The van der Waals surface area contributed by atoms with Gasteiger partial charge in [-0.05, 0) is 31.9 Å². The molecule has 0 saturated heterocycles. The van der Waals surface area contributed by atoms with Crippen molar-refractivity contribution in [1.29, 1.82) is 0 Å². The number of allylic oxidation sites excluding steroid dienone is 4. The summed E-state index contributed by atoms with van der Waals surface area (Å²) >= 11 is 0. The first-order valence-corrected chi connectivity index (χ1v) is 5.18. The van der Waals surface area contributed by atoms with E-state index in [9.17, 15) is 0 Å². The maximum absolute atomic E-state index is 5.48. The van der Waals surface area contributed by atoms with Gasteiger partial charge in [-0.25, -0.2) is 0 Å². The van der Waals surface area contributed by atoms with Gasteiger partial charge in [-0.15, -0.1) is 0 Å². The van der Waals surface area contributed by atoms with Crippen LogP contribution in [0.4, 0.5) is 0 Å². The quantitative estimate of drug-likeness (QED) is 0.304. The van der Waals surface area contributed by atoms with Crippen molar-refractivity contribution in [1.82, 2.24) is 5.43 Å². The van der Waals surface area contributed by atoms with Crippen LogP contribution in [-0.4, -0.2) is 6.21 Å². The van der Waals surface area contributed by atoms with Gasteiger partial charge in [0.2, 0.25) is 0 Å². The summed E-state index contributed by atoms with van der Waals surface area (Å²) < 4.78 is 0. The zero-order chi connectivity index (χ0) is 11.7. The Balaban J connectivity index is 5.11. The van der Waals surface area contributed by atoms with Gasteiger partial charge < -0.3 is 5.43 Å². The second kappa shape index (κ2) is 8.00. The first-order valence-electron chi connectivity index (χ1n) is 5.18. The Bertz CT molecular complexity index is 285. The second-order valence-corrected chi connectivity index (χ2v) is 3.23. The lowest BCUT2D eigenvalue weighted by Gasteiger charge is -2.07. The fourth-order valence-electron chi connectivity index (χ4n) is 1.16. The van der Waals surface area contributed by atoms with E-state index in [4.69, 9.17) is 5.84 Å². The summed E-state index contributed by atoms with van der Waals surface area (Å²) in [6, 6.07) is 0. The third kappa shape index (κ3) is 5.18. The van der Waals surface area contributed by atoms with E-state index in [-0.39, 0.29) is 0 Å². The van der Waals surface area contributed by atoms with Gasteiger partial charge in [0.15, 0.2) is 0 Å². The molecule has 0 aromatic rings. The van der Waals surface area contributed by atoms with Gasteiger partial charge in [0.1, 0.15) is 0 Å². The molecule has 0 radical (unpaired) electrons. The molecule has 15 heavy (non-hydrogen) atoms. The smallest absolute Gasteiger partial charge is 0.0703 e. The Morgan fingerprint density at radius 2 is 2.20 bits per heavy atom. The van der Waals surface area contributed by atoms with Crippen LogP contribution in [0.2, 0.25) is 0 Å². The number of hydrogen-bond acceptors (Lipinski definition) is 3. The van der Waals surface area contributed by atoms with Gasteiger partial charge in [0.05, 0.1) is 11.4 Å². The van der Waals surface area contributed by atoms with Gasteiger partial charge in [0, 0.05) is 6.21 Å². The number of aliphatic imine (C=N–C) groups is 1. The highest BCUT2D eigenvalue weighted by Gasteiger charge is 2.00. The minimum absolute atomic E-state index is 0.854. The minimum atomic E-state index is 0.854. The number of hydrazine groups is 1. The largest absolute Gasteiger partial charge is 0.322 e. The highest BCUT2D eigenvalue weighted by molar-refractivity contribution is 5.56. The molecule has 0 spiro atoms. The van der Waals surface area contributed by atoms with E-state index in [2.05, 4.69) is 23.9 Å². The van der Waals surface area contributed by atoms with E-state index in [0.29, 0.717) is 0 Å². The van der Waals surface area contributed by atoms with Gasteiger partial charge in [-0.3, -0.25) is 10.8 Å². The Morgan fingerprint density at radius 1 is 1.53 bits per heavy atom. The summed E-state index contributed by atoms with van der Waals surface area (Å²) in [5.74, 6) is 5.48. The molecule has 0 aromatic carbocycles. The zero-order valence-corrected chi connectivity index (χ0v) is 9.88. The molecule has 3 heteroatoms. The summed E-state index contributed by atoms with van der Waals surface area (Å²) in [7, 11) is 0. The number of nitrogens with two attached hydrogens (primary N) is 1. The Morgan fingerprint density at radius 3 is 2.60 bits per heavy atom. The molecule has 3 N–H and O–H groups in total. The van der Waals surface area contributed by atoms with Crippen LogP contribution in [0.25, 0.3) is 0 Å². The van der Waals surface area contributed by atoms with E-state index >= 15 is 0 Å². The maximum atomic E-state index is 5.48. The van der Waals surface area contributed by atoms with Crippen LogP contribution < -0.4 is 11.3 Å². The molecule has 0 aliphatic heterocycles. The van der Waals surface area contributed by atoms with E-state index in [0.717, 1.165) is 29.8 Å². The Hall–Kier alpha value is -1.35. The van der Waals surface area contributed by atoms with Crippen molar-refractivity contribution in [2.45, 2.75) is 33.6 Å². The van der Waals surface area contributed by atoms with Crippen molar-refractivity contribution in [3.8, 4) is 0 Å². The highest BCUT2D eigenvalue weighted by atomic mass is 15.2. The Labute approximate surface area is 92.4 Å². The van der Waals surface area contributed by atoms with Crippen LogP contribution in [0.5, 0.6) is 0 Å². The van der Waals surface area contributed by atoms with E-state index < -0.39 is 0 Å². The topological polar surface area (TPSA) is 50.4 Å². The number of nitrogens with zero attached hydrogens (tertiary/aromatic N) is 1. The standard InChI is InChI=1S/C12H21N3/c1-5-8-11(14-7-3)12(15-13)9-10(4)6-2/h6-7,9,15H,2,5,8,13H2,1,3-4H3/b10-9-,12-11+,14-7+. The van der Waals surface area contributed by atoms with Crippen LogP contribution >= 0.6 is 0 Å². The molecule has 0 atom stereocenters. The lowest BCUT2D eigenvalue weighted by atomic mass is 10.1. The molecule has 0 saturated carbocycles. The van der Waals surface area contributed by atoms with Crippen molar-refractivity contribution in [3.63, 3.8) is 0 Å². The molecule has 0 aliphatic carbocycles. The molecular weight excluding hydrogens is 186 g/mol. The summed E-state index contributed by atoms with van der Waals surface area (Å²) in [6.45, 7) is 9.69. The number of hydrogen-bond donors (Lipinski definition) is 2. The molecule has 0 heterocycles. The molecule has 0 rings (SSSR count). The van der Waals surface area contributed by atoms with E-state index in [1.165, 1.54) is 0 Å². The molecule has 0 aliphatic rings. The third-order valence-corrected chi connectivity index (χ3v) is 1.93. The molecule has 84 valence electrons. The molecule has 0 fully saturated rings. The molecule has 0 bridgehead atoms. The highest BCUT2D eigenvalue weighted by Crippen LogP contribution is 2.13. The van der Waals surface area contributed by atoms with Crippen LogP contribution in [0, 0.1) is 0 Å². The van der Waals surface area contributed by atoms with Crippen molar-refractivity contribution in [2.75, 3.05) is 0 Å². The van der Waals surface area contributed by atoms with Crippen molar-refractivity contribution in [3.05, 3.63) is 35.7 Å².